The van der Waals surface area contributed by atoms with E-state index in [-0.39, 0.29) is 0 Å². The van der Waals surface area contributed by atoms with Crippen LogP contribution in [0, 0.1) is 6.92 Å². The monoisotopic (exact) mass is 422 g/mol. The average molecular weight is 423 g/mol. The van der Waals surface area contributed by atoms with Crippen molar-refractivity contribution in [2.45, 2.75) is 26.7 Å². The molecule has 6 nitrogen and oxygen atoms in total. The van der Waals surface area contributed by atoms with Crippen molar-refractivity contribution in [3.63, 3.8) is 0 Å². The van der Waals surface area contributed by atoms with Gasteiger partial charge in [0.1, 0.15) is 11.6 Å². The molecule has 0 saturated heterocycles. The number of H-pyrrole nitrogens is 2. The highest BCUT2D eigenvalue weighted by Gasteiger charge is 2.13. The van der Waals surface area contributed by atoms with E-state index in [1.54, 1.807) is 6.33 Å². The third-order valence-corrected chi connectivity index (χ3v) is 5.69. The molecular weight excluding hydrogens is 396 g/mol. The van der Waals surface area contributed by atoms with Crippen molar-refractivity contribution in [1.29, 1.82) is 0 Å². The van der Waals surface area contributed by atoms with Gasteiger partial charge in [-0.15, -0.1) is 0 Å². The number of aromatic nitrogens is 6. The van der Waals surface area contributed by atoms with Crippen molar-refractivity contribution in [3.8, 4) is 11.4 Å². The number of aromatic amines is 2. The molecule has 0 spiro atoms. The first kappa shape index (κ1) is 20.0. The normalized spacial score (nSPS) is 11.2. The number of nitrogens with zero attached hydrogens (tertiary/aromatic N) is 4. The third kappa shape index (κ3) is 3.64. The van der Waals surface area contributed by atoms with Crippen LogP contribution in [0.4, 0.5) is 0 Å². The molecule has 32 heavy (non-hydrogen) atoms. The summed E-state index contributed by atoms with van der Waals surface area (Å²) >= 11 is 0. The number of hydrogen-bond acceptors (Lipinski definition) is 3. The van der Waals surface area contributed by atoms with Crippen molar-refractivity contribution in [1.82, 2.24) is 29.5 Å². The molecule has 6 heteroatoms. The zero-order chi connectivity index (χ0) is 22.1. The maximum atomic E-state index is 4.80. The van der Waals surface area contributed by atoms with E-state index in [2.05, 4.69) is 64.7 Å². The molecule has 0 aliphatic heterocycles. The van der Waals surface area contributed by atoms with Gasteiger partial charge in [0.25, 0.3) is 0 Å². The zero-order valence-corrected chi connectivity index (χ0v) is 18.6. The predicted octanol–water partition coefficient (Wildman–Crippen LogP) is 5.94. The molecule has 0 radical (unpaired) electrons. The highest BCUT2D eigenvalue weighted by molar-refractivity contribution is 5.86. The molecule has 0 fully saturated rings. The molecule has 160 valence electrons. The number of fused-ring (bicyclic) bond motifs is 3. The van der Waals surface area contributed by atoms with Gasteiger partial charge in [-0.05, 0) is 55.3 Å². The zero-order valence-electron chi connectivity index (χ0n) is 18.6. The molecule has 2 N–H and O–H groups in total. The Morgan fingerprint density at radius 2 is 1.69 bits per heavy atom. The average Bonchev–Trinajstić information content (AvgIpc) is 3.52. The molecule has 0 bridgehead atoms. The van der Waals surface area contributed by atoms with Crippen LogP contribution < -0.4 is 0 Å². The smallest absolute Gasteiger partial charge is 0.140 e. The first-order valence-electron chi connectivity index (χ1n) is 10.9. The van der Waals surface area contributed by atoms with Crippen LogP contribution >= 0.6 is 0 Å². The van der Waals surface area contributed by atoms with Gasteiger partial charge in [-0.1, -0.05) is 31.2 Å². The molecule has 6 aromatic rings. The molecule has 6 rings (SSSR count). The van der Waals surface area contributed by atoms with Crippen molar-refractivity contribution in [2.75, 3.05) is 0 Å². The van der Waals surface area contributed by atoms with Gasteiger partial charge in [0.2, 0.25) is 0 Å². The Labute approximate surface area is 186 Å². The topological polar surface area (TPSA) is 75.2 Å². The van der Waals surface area contributed by atoms with Gasteiger partial charge < -0.3 is 14.5 Å². The van der Waals surface area contributed by atoms with Gasteiger partial charge in [-0.25, -0.2) is 15.0 Å². The van der Waals surface area contributed by atoms with E-state index in [1.807, 2.05) is 36.4 Å². The Morgan fingerprint density at radius 3 is 2.47 bits per heavy atom. The summed E-state index contributed by atoms with van der Waals surface area (Å²) in [5, 5.41) is 0. The second kappa shape index (κ2) is 8.30. The molecule has 0 unspecified atom stereocenters. The van der Waals surface area contributed by atoms with Gasteiger partial charge in [0.05, 0.1) is 39.4 Å². The maximum absolute atomic E-state index is 4.80. The van der Waals surface area contributed by atoms with Crippen molar-refractivity contribution < 1.29 is 0 Å². The predicted molar refractivity (Wildman–Crippen MR) is 131 cm³/mol. The van der Waals surface area contributed by atoms with Crippen LogP contribution in [0.3, 0.4) is 0 Å². The fraction of sp³-hybridized carbons (Fsp3) is 0.192. The number of imidazole rings is 3. The minimum absolute atomic E-state index is 0.982. The first-order valence-corrected chi connectivity index (χ1v) is 10.9. The summed E-state index contributed by atoms with van der Waals surface area (Å²) in [6.45, 7) is 4.29. The quantitative estimate of drug-likeness (QED) is 0.370. The van der Waals surface area contributed by atoms with Gasteiger partial charge in [0.15, 0.2) is 0 Å². The Morgan fingerprint density at radius 1 is 0.906 bits per heavy atom. The summed E-state index contributed by atoms with van der Waals surface area (Å²) in [6.07, 6.45) is 3.77. The molecule has 3 aromatic carbocycles. The van der Waals surface area contributed by atoms with E-state index >= 15 is 0 Å². The Bertz CT molecular complexity index is 1490. The van der Waals surface area contributed by atoms with Crippen LogP contribution in [0.15, 0.2) is 67.0 Å². The van der Waals surface area contributed by atoms with Crippen LogP contribution in [-0.4, -0.2) is 29.5 Å². The fourth-order valence-corrected chi connectivity index (χ4v) is 4.11. The Balaban J connectivity index is 0.000000199. The van der Waals surface area contributed by atoms with Crippen LogP contribution in [-0.2, 0) is 13.5 Å². The van der Waals surface area contributed by atoms with Crippen LogP contribution in [0.2, 0.25) is 0 Å². The van der Waals surface area contributed by atoms with E-state index in [9.17, 15) is 0 Å². The lowest BCUT2D eigenvalue weighted by Crippen LogP contribution is -1.93. The molecule has 0 aliphatic carbocycles. The van der Waals surface area contributed by atoms with Crippen molar-refractivity contribution >= 4 is 33.1 Å². The number of aryl methyl sites for hydroxylation is 3. The number of benzene rings is 3. The summed E-state index contributed by atoms with van der Waals surface area (Å²) in [7, 11) is 2.07. The number of rotatable bonds is 3. The second-order valence-electron chi connectivity index (χ2n) is 8.03. The molecule has 0 atom stereocenters. The van der Waals surface area contributed by atoms with Crippen LogP contribution in [0.25, 0.3) is 44.5 Å². The standard InChI is InChI=1S/C19H20N4.C7H6N2/c1-4-7-17-20-15-11-13(10-12(2)18(15)22-17)19-21-14-8-5-6-9-16(14)23(19)3;1-2-4-7-6(3-1)8-5-9-7/h5-6,8-11H,4,7H2,1-3H3,(H,20,22);1-5H,(H,8,9). The van der Waals surface area contributed by atoms with Gasteiger partial charge in [-0.2, -0.15) is 0 Å². The second-order valence-corrected chi connectivity index (χ2v) is 8.03. The minimum Gasteiger partial charge on any atom is -0.345 e. The summed E-state index contributed by atoms with van der Waals surface area (Å²) in [5.41, 5.74) is 8.76. The highest BCUT2D eigenvalue weighted by Crippen LogP contribution is 2.28. The van der Waals surface area contributed by atoms with Crippen molar-refractivity contribution in [3.05, 3.63) is 78.4 Å². The molecular formula is C26H26N6. The summed E-state index contributed by atoms with van der Waals surface area (Å²) < 4.78 is 2.15. The van der Waals surface area contributed by atoms with E-state index in [1.165, 1.54) is 5.56 Å². The molecule has 0 amide bonds. The lowest BCUT2D eigenvalue weighted by atomic mass is 10.1. The van der Waals surface area contributed by atoms with Gasteiger partial charge in [-0.3, -0.25) is 0 Å². The SMILES string of the molecule is CCCc1nc2c(C)cc(-c3nc4ccccc4n3C)cc2[nH]1.c1ccc2[nH]cnc2c1. The van der Waals surface area contributed by atoms with E-state index in [0.717, 1.165) is 63.2 Å². The van der Waals surface area contributed by atoms with Crippen LogP contribution in [0.1, 0.15) is 24.7 Å². The van der Waals surface area contributed by atoms with E-state index in [4.69, 9.17) is 9.97 Å². The third-order valence-electron chi connectivity index (χ3n) is 5.69. The lowest BCUT2D eigenvalue weighted by molar-refractivity contribution is 0.861. The molecule has 0 aliphatic rings. The van der Waals surface area contributed by atoms with Gasteiger partial charge >= 0.3 is 0 Å². The lowest BCUT2D eigenvalue weighted by Gasteiger charge is -2.04. The minimum atomic E-state index is 0.982. The first-order chi connectivity index (χ1) is 15.6. The van der Waals surface area contributed by atoms with E-state index < -0.39 is 0 Å². The van der Waals surface area contributed by atoms with Crippen LogP contribution in [0.5, 0.6) is 0 Å². The number of hydrogen-bond donors (Lipinski definition) is 2. The number of para-hydroxylation sites is 4. The summed E-state index contributed by atoms with van der Waals surface area (Å²) in [6, 6.07) is 20.5. The van der Waals surface area contributed by atoms with Gasteiger partial charge in [0, 0.05) is 19.0 Å². The molecule has 0 saturated carbocycles. The summed E-state index contributed by atoms with van der Waals surface area (Å²) in [4.78, 5) is 20.0. The largest absolute Gasteiger partial charge is 0.345 e. The summed E-state index contributed by atoms with van der Waals surface area (Å²) in [5.74, 6) is 2.05. The fourth-order valence-electron chi connectivity index (χ4n) is 4.11. The van der Waals surface area contributed by atoms with Crippen molar-refractivity contribution in [2.24, 2.45) is 7.05 Å². The number of nitrogens with one attached hydrogen (secondary N) is 2. The van der Waals surface area contributed by atoms with E-state index in [0.29, 0.717) is 0 Å². The Hall–Kier alpha value is -3.93. The molecule has 3 heterocycles. The maximum Gasteiger partial charge on any atom is 0.140 e. The highest BCUT2D eigenvalue weighted by atomic mass is 15.1. The molecule has 3 aromatic heterocycles. The Kier molecular flexibility index (Phi) is 5.19.